The molecule has 0 fully saturated rings. The first-order valence-electron chi connectivity index (χ1n) is 9.02. The van der Waals surface area contributed by atoms with Crippen LogP contribution in [-0.4, -0.2) is 32.7 Å². The first kappa shape index (κ1) is 22.2. The summed E-state index contributed by atoms with van der Waals surface area (Å²) >= 11 is 0. The molecule has 3 rings (SSSR count). The average Bonchev–Trinajstić information content (AvgIpc) is 2.67. The van der Waals surface area contributed by atoms with Gasteiger partial charge in [0.2, 0.25) is 5.91 Å². The van der Waals surface area contributed by atoms with Crippen LogP contribution in [0.1, 0.15) is 32.4 Å². The van der Waals surface area contributed by atoms with Crippen LogP contribution in [0.2, 0.25) is 0 Å². The number of phenolic OH excluding ortho intramolecular Hbond substituents is 1. The Morgan fingerprint density at radius 2 is 1.97 bits per heavy atom. The zero-order valence-corrected chi connectivity index (χ0v) is 16.9. The van der Waals surface area contributed by atoms with E-state index in [9.17, 15) is 14.3 Å². The lowest BCUT2D eigenvalue weighted by Crippen LogP contribution is -2.33. The minimum absolute atomic E-state index is 0. The number of nitrogens with zero attached hydrogens (tertiary/aromatic N) is 2. The van der Waals surface area contributed by atoms with E-state index in [0.29, 0.717) is 22.9 Å². The zero-order valence-electron chi connectivity index (χ0n) is 16.1. The lowest BCUT2D eigenvalue weighted by molar-refractivity contribution is -0.121. The second-order valence-electron chi connectivity index (χ2n) is 6.58. The van der Waals surface area contributed by atoms with E-state index in [-0.39, 0.29) is 53.8 Å². The Bertz CT molecular complexity index is 1060. The number of aromatic nitrogens is 2. The fraction of sp³-hybridized carbons (Fsp3) is 0.238. The molecule has 3 aromatic rings. The molecular weight excluding hydrogens is 395 g/mol. The molecule has 1 aromatic heterocycles. The van der Waals surface area contributed by atoms with E-state index in [1.807, 2.05) is 0 Å². The second-order valence-corrected chi connectivity index (χ2v) is 6.58. The molecule has 1 atom stereocenters. The number of hydrogen-bond donors (Lipinski definition) is 3. The van der Waals surface area contributed by atoms with Crippen LogP contribution in [0, 0.1) is 11.2 Å². The van der Waals surface area contributed by atoms with Gasteiger partial charge < -0.3 is 15.8 Å². The number of rotatable bonds is 6. The van der Waals surface area contributed by atoms with Crippen LogP contribution < -0.4 is 5.32 Å². The van der Waals surface area contributed by atoms with Crippen LogP contribution in [0.4, 0.5) is 4.39 Å². The number of phenols is 1. The van der Waals surface area contributed by atoms with E-state index < -0.39 is 5.82 Å². The Morgan fingerprint density at radius 1 is 1.24 bits per heavy atom. The number of halogens is 2. The summed E-state index contributed by atoms with van der Waals surface area (Å²) in [6.07, 6.45) is 0.589. The van der Waals surface area contributed by atoms with Crippen molar-refractivity contribution in [2.24, 2.45) is 0 Å². The third kappa shape index (κ3) is 5.06. The van der Waals surface area contributed by atoms with E-state index >= 15 is 0 Å². The Balaban J connectivity index is 0.00000300. The summed E-state index contributed by atoms with van der Waals surface area (Å²) in [5.74, 6) is -0.284. The molecule has 152 valence electrons. The summed E-state index contributed by atoms with van der Waals surface area (Å²) in [4.78, 5) is 20.5. The fourth-order valence-corrected chi connectivity index (χ4v) is 2.94. The fourth-order valence-electron chi connectivity index (χ4n) is 2.94. The summed E-state index contributed by atoms with van der Waals surface area (Å²) in [5, 5.41) is 21.9. The van der Waals surface area contributed by atoms with E-state index in [1.165, 1.54) is 24.3 Å². The van der Waals surface area contributed by atoms with Crippen molar-refractivity contribution < 1.29 is 14.3 Å². The van der Waals surface area contributed by atoms with Gasteiger partial charge in [-0.1, -0.05) is 19.1 Å². The highest BCUT2D eigenvalue weighted by atomic mass is 35.5. The van der Waals surface area contributed by atoms with Crippen molar-refractivity contribution in [1.82, 2.24) is 15.3 Å². The van der Waals surface area contributed by atoms with Crippen LogP contribution in [0.15, 0.2) is 42.5 Å². The molecule has 0 saturated heterocycles. The Kier molecular flexibility index (Phi) is 7.23. The summed E-state index contributed by atoms with van der Waals surface area (Å²) in [7, 11) is 0. The third-order valence-electron chi connectivity index (χ3n) is 4.33. The molecule has 0 radical (unpaired) electrons. The number of nitrogens with one attached hydrogen (secondary N) is 2. The van der Waals surface area contributed by atoms with Gasteiger partial charge >= 0.3 is 0 Å². The van der Waals surface area contributed by atoms with Crippen molar-refractivity contribution in [1.29, 1.82) is 5.41 Å². The lowest BCUT2D eigenvalue weighted by atomic mass is 10.0. The Labute approximate surface area is 174 Å². The number of amides is 1. The molecule has 6 nitrogen and oxygen atoms in total. The maximum Gasteiger partial charge on any atom is 0.219 e. The van der Waals surface area contributed by atoms with Gasteiger partial charge in [0.05, 0.1) is 22.5 Å². The number of carbonyl (C=O) groups is 1. The highest BCUT2D eigenvalue weighted by Gasteiger charge is 2.18. The minimum atomic E-state index is -0.451. The smallest absolute Gasteiger partial charge is 0.219 e. The number of hydrogen-bond acceptors (Lipinski definition) is 5. The molecule has 8 heteroatoms. The van der Waals surface area contributed by atoms with Gasteiger partial charge in [-0.25, -0.2) is 14.4 Å². The van der Waals surface area contributed by atoms with Gasteiger partial charge in [-0.3, -0.25) is 4.79 Å². The highest BCUT2D eigenvalue weighted by Crippen LogP contribution is 2.29. The van der Waals surface area contributed by atoms with Crippen LogP contribution >= 0.6 is 12.4 Å². The largest absolute Gasteiger partial charge is 0.507 e. The monoisotopic (exact) mass is 416 g/mol. The van der Waals surface area contributed by atoms with Crippen molar-refractivity contribution in [3.05, 3.63) is 54.0 Å². The molecular formula is C21H22ClFN4O2. The van der Waals surface area contributed by atoms with Crippen molar-refractivity contribution >= 4 is 34.9 Å². The van der Waals surface area contributed by atoms with Crippen molar-refractivity contribution in [2.75, 3.05) is 0 Å². The average molecular weight is 417 g/mol. The van der Waals surface area contributed by atoms with Gasteiger partial charge in [-0.2, -0.15) is 0 Å². The second kappa shape index (κ2) is 9.43. The maximum absolute atomic E-state index is 13.8. The number of para-hydroxylation sites is 1. The van der Waals surface area contributed by atoms with Gasteiger partial charge in [0.25, 0.3) is 0 Å². The van der Waals surface area contributed by atoms with Gasteiger partial charge in [-0.05, 0) is 37.3 Å². The summed E-state index contributed by atoms with van der Waals surface area (Å²) in [6, 6.07) is 10.5. The van der Waals surface area contributed by atoms with Crippen molar-refractivity contribution in [3.63, 3.8) is 0 Å². The molecule has 2 aromatic carbocycles. The standard InChI is InChI=1S/C21H21FN4O2.ClH/c1-3-19(28)24-12(2)10-16(23)20-15-11-13(22)8-9-17(15)25-21(26-20)14-6-4-5-7-18(14)27;/h4-9,11-12,23,27H,3,10H2,1-2H3,(H,24,28);1H/t12-;/m1./s1. The van der Waals surface area contributed by atoms with E-state index in [0.717, 1.165) is 0 Å². The molecule has 0 aliphatic rings. The van der Waals surface area contributed by atoms with Gasteiger partial charge in [0.1, 0.15) is 11.6 Å². The molecule has 0 aliphatic heterocycles. The topological polar surface area (TPSA) is 99.0 Å². The van der Waals surface area contributed by atoms with E-state index in [4.69, 9.17) is 5.41 Å². The maximum atomic E-state index is 13.8. The predicted octanol–water partition coefficient (Wildman–Crippen LogP) is 4.24. The SMILES string of the molecule is CCC(=O)N[C@H](C)CC(=N)c1nc(-c2ccccc2O)nc2ccc(F)cc12.Cl. The van der Waals surface area contributed by atoms with Crippen LogP contribution in [-0.2, 0) is 4.79 Å². The molecule has 0 aliphatic carbocycles. The van der Waals surface area contributed by atoms with Gasteiger partial charge in [0.15, 0.2) is 5.82 Å². The predicted molar refractivity (Wildman–Crippen MR) is 113 cm³/mol. The van der Waals surface area contributed by atoms with E-state index in [1.54, 1.807) is 32.0 Å². The lowest BCUT2D eigenvalue weighted by Gasteiger charge is -2.15. The number of aromatic hydroxyl groups is 1. The molecule has 0 unspecified atom stereocenters. The van der Waals surface area contributed by atoms with Crippen molar-refractivity contribution in [3.8, 4) is 17.1 Å². The summed E-state index contributed by atoms with van der Waals surface area (Å²) in [5.41, 5.74) is 1.33. The molecule has 0 spiro atoms. The quantitative estimate of drug-likeness (QED) is 0.523. The molecule has 0 saturated carbocycles. The van der Waals surface area contributed by atoms with Gasteiger partial charge in [-0.15, -0.1) is 12.4 Å². The summed E-state index contributed by atoms with van der Waals surface area (Å²) < 4.78 is 13.8. The van der Waals surface area contributed by atoms with Crippen LogP contribution in [0.3, 0.4) is 0 Å². The number of benzene rings is 2. The molecule has 3 N–H and O–H groups in total. The minimum Gasteiger partial charge on any atom is -0.507 e. The van der Waals surface area contributed by atoms with Crippen LogP contribution in [0.25, 0.3) is 22.3 Å². The molecule has 1 heterocycles. The molecule has 1 amide bonds. The number of carbonyl (C=O) groups excluding carboxylic acids is 1. The zero-order chi connectivity index (χ0) is 20.3. The van der Waals surface area contributed by atoms with Crippen molar-refractivity contribution in [2.45, 2.75) is 32.7 Å². The highest BCUT2D eigenvalue weighted by molar-refractivity contribution is 6.07. The first-order valence-corrected chi connectivity index (χ1v) is 9.02. The third-order valence-corrected chi connectivity index (χ3v) is 4.33. The van der Waals surface area contributed by atoms with E-state index in [2.05, 4.69) is 15.3 Å². The number of fused-ring (bicyclic) bond motifs is 1. The first-order chi connectivity index (χ1) is 13.4. The normalized spacial score (nSPS) is 11.6. The Hall–Kier alpha value is -3.06. The Morgan fingerprint density at radius 3 is 2.66 bits per heavy atom. The summed E-state index contributed by atoms with van der Waals surface area (Å²) in [6.45, 7) is 3.56. The molecule has 0 bridgehead atoms. The van der Waals surface area contributed by atoms with Crippen LogP contribution in [0.5, 0.6) is 5.75 Å². The molecule has 29 heavy (non-hydrogen) atoms. The van der Waals surface area contributed by atoms with Gasteiger partial charge in [0, 0.05) is 24.3 Å².